The van der Waals surface area contributed by atoms with Crippen molar-refractivity contribution >= 4 is 5.65 Å². The first-order valence-electron chi connectivity index (χ1n) is 5.33. The molecule has 0 bridgehead atoms. The van der Waals surface area contributed by atoms with Crippen LogP contribution < -0.4 is 0 Å². The van der Waals surface area contributed by atoms with E-state index >= 15 is 0 Å². The zero-order valence-corrected chi connectivity index (χ0v) is 9.09. The molecule has 0 saturated carbocycles. The van der Waals surface area contributed by atoms with E-state index in [-0.39, 0.29) is 0 Å². The first kappa shape index (κ1) is 9.16. The van der Waals surface area contributed by atoms with Gasteiger partial charge < -0.3 is 4.40 Å². The molecule has 0 unspecified atom stereocenters. The molecule has 0 spiro atoms. The van der Waals surface area contributed by atoms with Gasteiger partial charge in [-0.2, -0.15) is 0 Å². The van der Waals surface area contributed by atoms with Crippen molar-refractivity contribution in [2.24, 2.45) is 0 Å². The summed E-state index contributed by atoms with van der Waals surface area (Å²) in [5.74, 6) is 0. The summed E-state index contributed by atoms with van der Waals surface area (Å²) in [7, 11) is 0. The summed E-state index contributed by atoms with van der Waals surface area (Å²) in [6.07, 6.45) is 5.90. The molecule has 0 saturated heterocycles. The van der Waals surface area contributed by atoms with Gasteiger partial charge in [-0.15, -0.1) is 0 Å². The lowest BCUT2D eigenvalue weighted by atomic mass is 10.0. The van der Waals surface area contributed by atoms with Gasteiger partial charge in [0.15, 0.2) is 0 Å². The van der Waals surface area contributed by atoms with Crippen molar-refractivity contribution in [2.45, 2.75) is 6.92 Å². The van der Waals surface area contributed by atoms with Gasteiger partial charge in [0.1, 0.15) is 5.65 Å². The second kappa shape index (κ2) is 3.49. The zero-order chi connectivity index (χ0) is 11.0. The Morgan fingerprint density at radius 2 is 1.94 bits per heavy atom. The largest absolute Gasteiger partial charge is 0.306 e. The number of fused-ring (bicyclic) bond motifs is 1. The van der Waals surface area contributed by atoms with Gasteiger partial charge >= 0.3 is 0 Å². The fraction of sp³-hybridized carbons (Fsp3) is 0.0714. The highest BCUT2D eigenvalue weighted by Crippen LogP contribution is 2.23. The second-order valence-electron chi connectivity index (χ2n) is 3.93. The average Bonchev–Trinajstić information content (AvgIpc) is 2.76. The molecule has 1 aromatic carbocycles. The molecule has 0 atom stereocenters. The Balaban J connectivity index is 2.22. The molecule has 3 rings (SSSR count). The molecule has 0 aliphatic heterocycles. The van der Waals surface area contributed by atoms with Crippen LogP contribution in [0.3, 0.4) is 0 Å². The predicted molar refractivity (Wildman–Crippen MR) is 65.4 cm³/mol. The quantitative estimate of drug-likeness (QED) is 0.599. The van der Waals surface area contributed by atoms with Crippen LogP contribution in [0.1, 0.15) is 5.56 Å². The van der Waals surface area contributed by atoms with Gasteiger partial charge in [-0.1, -0.05) is 24.3 Å². The number of rotatable bonds is 1. The molecular weight excluding hydrogens is 196 g/mol. The summed E-state index contributed by atoms with van der Waals surface area (Å²) in [6, 6.07) is 12.6. The molecule has 2 aromatic heterocycles. The van der Waals surface area contributed by atoms with E-state index in [9.17, 15) is 0 Å². The van der Waals surface area contributed by atoms with Gasteiger partial charge in [-0.25, -0.2) is 4.98 Å². The summed E-state index contributed by atoms with van der Waals surface area (Å²) in [4.78, 5) is 4.24. The van der Waals surface area contributed by atoms with Crippen molar-refractivity contribution in [1.82, 2.24) is 9.38 Å². The first-order valence-corrected chi connectivity index (χ1v) is 5.33. The number of hydrogen-bond acceptors (Lipinski definition) is 1. The van der Waals surface area contributed by atoms with E-state index in [4.69, 9.17) is 0 Å². The van der Waals surface area contributed by atoms with Gasteiger partial charge in [0.05, 0.1) is 0 Å². The summed E-state index contributed by atoms with van der Waals surface area (Å²) in [5.41, 5.74) is 4.78. The Morgan fingerprint density at radius 3 is 2.81 bits per heavy atom. The van der Waals surface area contributed by atoms with Crippen LogP contribution in [-0.4, -0.2) is 9.38 Å². The fourth-order valence-electron chi connectivity index (χ4n) is 1.98. The molecule has 2 heterocycles. The van der Waals surface area contributed by atoms with Crippen LogP contribution in [0.5, 0.6) is 0 Å². The Labute approximate surface area is 94.2 Å². The third-order valence-corrected chi connectivity index (χ3v) is 2.84. The topological polar surface area (TPSA) is 17.3 Å². The van der Waals surface area contributed by atoms with Crippen molar-refractivity contribution in [3.05, 3.63) is 60.6 Å². The van der Waals surface area contributed by atoms with Crippen molar-refractivity contribution in [3.63, 3.8) is 0 Å². The van der Waals surface area contributed by atoms with Crippen molar-refractivity contribution < 1.29 is 0 Å². The van der Waals surface area contributed by atoms with E-state index in [1.54, 1.807) is 0 Å². The standard InChI is InChI=1S/C14H12N2/c1-11-4-2-3-5-13(11)12-6-7-14-15-8-9-16(14)10-12/h2-10H,1H3. The molecule has 2 nitrogen and oxygen atoms in total. The lowest BCUT2D eigenvalue weighted by Crippen LogP contribution is -1.87. The van der Waals surface area contributed by atoms with Crippen LogP contribution in [-0.2, 0) is 0 Å². The Bertz CT molecular complexity index is 638. The molecule has 0 aliphatic carbocycles. The molecule has 78 valence electrons. The maximum absolute atomic E-state index is 4.24. The number of benzene rings is 1. The van der Waals surface area contributed by atoms with Crippen LogP contribution in [0.4, 0.5) is 0 Å². The maximum Gasteiger partial charge on any atom is 0.136 e. The molecule has 0 fully saturated rings. The van der Waals surface area contributed by atoms with Crippen LogP contribution in [0.15, 0.2) is 55.0 Å². The maximum atomic E-state index is 4.24. The number of aromatic nitrogens is 2. The highest BCUT2D eigenvalue weighted by Gasteiger charge is 2.02. The van der Waals surface area contributed by atoms with Gasteiger partial charge in [0.2, 0.25) is 0 Å². The highest BCUT2D eigenvalue weighted by molar-refractivity contribution is 5.67. The summed E-state index contributed by atoms with van der Waals surface area (Å²) in [6.45, 7) is 2.13. The van der Waals surface area contributed by atoms with E-state index in [1.807, 2.05) is 22.9 Å². The summed E-state index contributed by atoms with van der Waals surface area (Å²) >= 11 is 0. The highest BCUT2D eigenvalue weighted by atomic mass is 15.0. The Hall–Kier alpha value is -2.09. The van der Waals surface area contributed by atoms with E-state index in [2.05, 4.69) is 48.4 Å². The molecule has 0 N–H and O–H groups in total. The SMILES string of the molecule is Cc1ccccc1-c1ccc2nccn2c1. The van der Waals surface area contributed by atoms with Crippen molar-refractivity contribution in [3.8, 4) is 11.1 Å². The number of imidazole rings is 1. The first-order chi connectivity index (χ1) is 7.84. The van der Waals surface area contributed by atoms with Gasteiger partial charge in [-0.3, -0.25) is 0 Å². The lowest BCUT2D eigenvalue weighted by molar-refractivity contribution is 1.19. The Kier molecular flexibility index (Phi) is 2.00. The number of aryl methyl sites for hydroxylation is 1. The van der Waals surface area contributed by atoms with Crippen LogP contribution >= 0.6 is 0 Å². The average molecular weight is 208 g/mol. The minimum absolute atomic E-state index is 0.984. The van der Waals surface area contributed by atoms with E-state index in [0.717, 1.165) is 5.65 Å². The van der Waals surface area contributed by atoms with Crippen molar-refractivity contribution in [1.29, 1.82) is 0 Å². The lowest BCUT2D eigenvalue weighted by Gasteiger charge is -2.06. The molecule has 2 heteroatoms. The van der Waals surface area contributed by atoms with Gasteiger partial charge in [0.25, 0.3) is 0 Å². The molecule has 16 heavy (non-hydrogen) atoms. The smallest absolute Gasteiger partial charge is 0.136 e. The number of nitrogens with zero attached hydrogens (tertiary/aromatic N) is 2. The third-order valence-electron chi connectivity index (χ3n) is 2.84. The van der Waals surface area contributed by atoms with E-state index in [0.29, 0.717) is 0 Å². The van der Waals surface area contributed by atoms with Gasteiger partial charge in [-0.05, 0) is 35.7 Å². The summed E-state index contributed by atoms with van der Waals surface area (Å²) < 4.78 is 2.04. The minimum Gasteiger partial charge on any atom is -0.306 e. The Morgan fingerprint density at radius 1 is 1.06 bits per heavy atom. The monoisotopic (exact) mass is 208 g/mol. The van der Waals surface area contributed by atoms with Gasteiger partial charge in [0, 0.05) is 18.6 Å². The minimum atomic E-state index is 0.984. The predicted octanol–water partition coefficient (Wildman–Crippen LogP) is 3.31. The normalized spacial score (nSPS) is 10.8. The van der Waals surface area contributed by atoms with Crippen LogP contribution in [0.2, 0.25) is 0 Å². The molecule has 0 radical (unpaired) electrons. The number of pyridine rings is 1. The van der Waals surface area contributed by atoms with Crippen LogP contribution in [0, 0.1) is 6.92 Å². The van der Waals surface area contributed by atoms with E-state index < -0.39 is 0 Å². The molecular formula is C14H12N2. The fourth-order valence-corrected chi connectivity index (χ4v) is 1.98. The van der Waals surface area contributed by atoms with Crippen molar-refractivity contribution in [2.75, 3.05) is 0 Å². The van der Waals surface area contributed by atoms with Crippen LogP contribution in [0.25, 0.3) is 16.8 Å². The molecule has 0 aliphatic rings. The summed E-state index contributed by atoms with van der Waals surface area (Å²) in [5, 5.41) is 0. The number of hydrogen-bond donors (Lipinski definition) is 0. The second-order valence-corrected chi connectivity index (χ2v) is 3.93. The van der Waals surface area contributed by atoms with E-state index in [1.165, 1.54) is 16.7 Å². The zero-order valence-electron chi connectivity index (χ0n) is 9.09. The molecule has 3 aromatic rings. The third kappa shape index (κ3) is 1.39. The molecule has 0 amide bonds.